The summed E-state index contributed by atoms with van der Waals surface area (Å²) < 4.78 is 16.7. The molecule has 2 aromatic carbocycles. The number of thiol groups is 1. The summed E-state index contributed by atoms with van der Waals surface area (Å²) in [7, 11) is 4.66. The normalized spacial score (nSPS) is 9.91. The van der Waals surface area contributed by atoms with Gasteiger partial charge in [0.05, 0.1) is 27.0 Å². The van der Waals surface area contributed by atoms with Crippen molar-refractivity contribution >= 4 is 30.2 Å². The van der Waals surface area contributed by atoms with Crippen LogP contribution in [0.4, 0.5) is 16.2 Å². The number of hydrogen-bond acceptors (Lipinski definition) is 5. The summed E-state index contributed by atoms with van der Waals surface area (Å²) in [5.74, 6) is 1.81. The Bertz CT molecular complexity index is 676. The Hall–Kier alpha value is -2.54. The lowest BCUT2D eigenvalue weighted by molar-refractivity contribution is 0.260. The molecule has 0 radical (unpaired) electrons. The van der Waals surface area contributed by atoms with Crippen LogP contribution in [0.25, 0.3) is 0 Å². The molecule has 0 aromatic heterocycles. The fourth-order valence-electron chi connectivity index (χ4n) is 1.92. The predicted octanol–water partition coefficient (Wildman–Crippen LogP) is 3.60. The molecule has 1 N–H and O–H groups in total. The van der Waals surface area contributed by atoms with Crippen molar-refractivity contribution in [3.05, 3.63) is 42.5 Å². The average Bonchev–Trinajstić information content (AvgIpc) is 2.61. The third-order valence-electron chi connectivity index (χ3n) is 3.15. The number of carbonyl (C=O) groups excluding carboxylic acids is 1. The van der Waals surface area contributed by atoms with E-state index in [2.05, 4.69) is 18.1 Å². The molecule has 7 heteroatoms. The highest BCUT2D eigenvalue weighted by Crippen LogP contribution is 2.33. The highest BCUT2D eigenvalue weighted by atomic mass is 32.1. The number of methoxy groups -OCH3 is 3. The van der Waals surface area contributed by atoms with Crippen LogP contribution in [0, 0.1) is 0 Å². The first-order valence-electron chi connectivity index (χ1n) is 6.75. The molecule has 0 heterocycles. The quantitative estimate of drug-likeness (QED) is 0.820. The molecule has 2 aromatic rings. The summed E-state index contributed by atoms with van der Waals surface area (Å²) in [6, 6.07) is 11.7. The molecule has 122 valence electrons. The fourth-order valence-corrected chi connectivity index (χ4v) is 2.14. The van der Waals surface area contributed by atoms with E-state index in [1.807, 2.05) is 0 Å². The topological polar surface area (TPSA) is 60.0 Å². The summed E-state index contributed by atoms with van der Waals surface area (Å²) in [6.07, 6.45) is 0. The van der Waals surface area contributed by atoms with Gasteiger partial charge in [0.1, 0.15) is 17.2 Å². The van der Waals surface area contributed by atoms with Crippen LogP contribution < -0.4 is 23.8 Å². The lowest BCUT2D eigenvalue weighted by Gasteiger charge is -2.19. The van der Waals surface area contributed by atoms with Crippen LogP contribution in [0.15, 0.2) is 42.5 Å². The van der Waals surface area contributed by atoms with Gasteiger partial charge in [-0.1, -0.05) is 12.8 Å². The lowest BCUT2D eigenvalue weighted by Crippen LogP contribution is -2.27. The monoisotopic (exact) mass is 334 g/mol. The van der Waals surface area contributed by atoms with E-state index >= 15 is 0 Å². The van der Waals surface area contributed by atoms with Gasteiger partial charge in [0.2, 0.25) is 0 Å². The largest absolute Gasteiger partial charge is 0.497 e. The number of benzene rings is 2. The number of carbonyl (C=O) groups is 1. The van der Waals surface area contributed by atoms with Gasteiger partial charge in [-0.3, -0.25) is 0 Å². The maximum Gasteiger partial charge on any atom is 0.336 e. The molecule has 0 unspecified atom stereocenters. The van der Waals surface area contributed by atoms with E-state index in [0.29, 0.717) is 28.6 Å². The van der Waals surface area contributed by atoms with Crippen molar-refractivity contribution in [2.45, 2.75) is 0 Å². The molecule has 0 atom stereocenters. The third-order valence-corrected chi connectivity index (χ3v) is 3.55. The summed E-state index contributed by atoms with van der Waals surface area (Å²) in [4.78, 5) is 12.3. The molecular weight excluding hydrogens is 316 g/mol. The zero-order chi connectivity index (χ0) is 16.8. The minimum absolute atomic E-state index is 0.415. The van der Waals surface area contributed by atoms with Crippen LogP contribution in [-0.4, -0.2) is 27.4 Å². The Morgan fingerprint density at radius 1 is 0.957 bits per heavy atom. The summed E-state index contributed by atoms with van der Waals surface area (Å²) in [5, 5.41) is 2.74. The van der Waals surface area contributed by atoms with E-state index < -0.39 is 6.03 Å². The SMILES string of the molecule is COc1ccc(NC(=O)N(S)c2ccc(OC)cc2OC)cc1. The smallest absolute Gasteiger partial charge is 0.336 e. The zero-order valence-corrected chi connectivity index (χ0v) is 14.0. The number of nitrogens with zero attached hydrogens (tertiary/aromatic N) is 1. The minimum Gasteiger partial charge on any atom is -0.497 e. The molecule has 6 nitrogen and oxygen atoms in total. The van der Waals surface area contributed by atoms with Crippen molar-refractivity contribution in [3.63, 3.8) is 0 Å². The van der Waals surface area contributed by atoms with Crippen molar-refractivity contribution < 1.29 is 19.0 Å². The van der Waals surface area contributed by atoms with E-state index in [1.165, 1.54) is 11.4 Å². The number of hydrogen-bond donors (Lipinski definition) is 2. The lowest BCUT2D eigenvalue weighted by atomic mass is 10.2. The number of ether oxygens (including phenoxy) is 3. The molecule has 0 aliphatic carbocycles. The Morgan fingerprint density at radius 3 is 2.13 bits per heavy atom. The minimum atomic E-state index is -0.415. The number of rotatable bonds is 5. The van der Waals surface area contributed by atoms with Gasteiger partial charge in [0.15, 0.2) is 0 Å². The number of anilines is 2. The maximum absolute atomic E-state index is 12.3. The van der Waals surface area contributed by atoms with Crippen LogP contribution in [0.5, 0.6) is 17.2 Å². The standard InChI is InChI=1S/C16H18N2O4S/c1-20-12-6-4-11(5-7-12)17-16(19)18(23)14-9-8-13(21-2)10-15(14)22-3/h4-10,23H,1-3H3,(H,17,19). The van der Waals surface area contributed by atoms with Crippen molar-refractivity contribution in [2.75, 3.05) is 31.0 Å². The number of urea groups is 1. The summed E-state index contributed by atoms with van der Waals surface area (Å²) >= 11 is 4.25. The van der Waals surface area contributed by atoms with Crippen LogP contribution in [0.2, 0.25) is 0 Å². The van der Waals surface area contributed by atoms with E-state index in [4.69, 9.17) is 14.2 Å². The Morgan fingerprint density at radius 2 is 1.57 bits per heavy atom. The van der Waals surface area contributed by atoms with Crippen molar-refractivity contribution in [1.82, 2.24) is 0 Å². The Kier molecular flexibility index (Phi) is 5.59. The van der Waals surface area contributed by atoms with Gasteiger partial charge in [-0.2, -0.15) is 0 Å². The van der Waals surface area contributed by atoms with Crippen LogP contribution in [0.3, 0.4) is 0 Å². The molecule has 2 rings (SSSR count). The Balaban J connectivity index is 2.15. The first-order valence-corrected chi connectivity index (χ1v) is 7.15. The van der Waals surface area contributed by atoms with Crippen molar-refractivity contribution in [2.24, 2.45) is 0 Å². The zero-order valence-electron chi connectivity index (χ0n) is 13.1. The predicted molar refractivity (Wildman–Crippen MR) is 93.0 cm³/mol. The second-order valence-corrected chi connectivity index (χ2v) is 4.91. The molecule has 0 aliphatic rings. The fraction of sp³-hybridized carbons (Fsp3) is 0.188. The first kappa shape index (κ1) is 16.8. The highest BCUT2D eigenvalue weighted by Gasteiger charge is 2.17. The molecule has 0 saturated carbocycles. The molecule has 0 fully saturated rings. The van der Waals surface area contributed by atoms with Gasteiger partial charge < -0.3 is 19.5 Å². The van der Waals surface area contributed by atoms with Gasteiger partial charge in [-0.05, 0) is 36.4 Å². The second kappa shape index (κ2) is 7.64. The number of amides is 2. The second-order valence-electron chi connectivity index (χ2n) is 4.51. The molecular formula is C16H18N2O4S. The van der Waals surface area contributed by atoms with E-state index in [9.17, 15) is 4.79 Å². The van der Waals surface area contributed by atoms with Gasteiger partial charge in [0, 0.05) is 11.8 Å². The Labute approximate surface area is 140 Å². The average molecular weight is 334 g/mol. The van der Waals surface area contributed by atoms with E-state index in [-0.39, 0.29) is 0 Å². The molecule has 0 bridgehead atoms. The number of nitrogens with one attached hydrogen (secondary N) is 1. The van der Waals surface area contributed by atoms with Crippen LogP contribution >= 0.6 is 12.8 Å². The van der Waals surface area contributed by atoms with E-state index in [0.717, 1.165) is 0 Å². The molecule has 2 amide bonds. The van der Waals surface area contributed by atoms with Gasteiger partial charge in [-0.25, -0.2) is 9.10 Å². The molecule has 0 saturated heterocycles. The molecule has 23 heavy (non-hydrogen) atoms. The van der Waals surface area contributed by atoms with Crippen molar-refractivity contribution in [1.29, 1.82) is 0 Å². The summed E-state index contributed by atoms with van der Waals surface area (Å²) in [6.45, 7) is 0. The highest BCUT2D eigenvalue weighted by molar-refractivity contribution is 7.82. The van der Waals surface area contributed by atoms with Gasteiger partial charge >= 0.3 is 6.03 Å². The van der Waals surface area contributed by atoms with Gasteiger partial charge in [-0.15, -0.1) is 0 Å². The maximum atomic E-state index is 12.3. The van der Waals surface area contributed by atoms with Crippen LogP contribution in [0.1, 0.15) is 0 Å². The molecule has 0 aliphatic heterocycles. The first-order chi connectivity index (χ1) is 11.1. The van der Waals surface area contributed by atoms with E-state index in [1.54, 1.807) is 56.7 Å². The summed E-state index contributed by atoms with van der Waals surface area (Å²) in [5.41, 5.74) is 1.13. The van der Waals surface area contributed by atoms with Crippen LogP contribution in [-0.2, 0) is 0 Å². The van der Waals surface area contributed by atoms with Gasteiger partial charge in [0.25, 0.3) is 0 Å². The molecule has 0 spiro atoms. The third kappa shape index (κ3) is 4.01. The van der Waals surface area contributed by atoms with Crippen molar-refractivity contribution in [3.8, 4) is 17.2 Å².